The van der Waals surface area contributed by atoms with E-state index in [1.165, 1.54) is 11.6 Å². The molecule has 6 heteroatoms. The second kappa shape index (κ2) is 6.43. The second-order valence-electron chi connectivity index (χ2n) is 8.41. The Balaban J connectivity index is 1.49. The van der Waals surface area contributed by atoms with Crippen LogP contribution in [0, 0.1) is 0 Å². The lowest BCUT2D eigenvalue weighted by Gasteiger charge is -2.19. The van der Waals surface area contributed by atoms with E-state index in [-0.39, 0.29) is 22.6 Å². The molecule has 2 heterocycles. The van der Waals surface area contributed by atoms with Crippen molar-refractivity contribution < 1.29 is 15.3 Å². The monoisotopic (exact) mass is 411 g/mol. The molecular formula is C25H21N3O3. The third-order valence-corrected chi connectivity index (χ3v) is 6.39. The van der Waals surface area contributed by atoms with Crippen LogP contribution >= 0.6 is 0 Å². The molecule has 0 saturated carbocycles. The minimum Gasteiger partial charge on any atom is -0.507 e. The summed E-state index contributed by atoms with van der Waals surface area (Å²) in [6.45, 7) is 2.45. The lowest BCUT2D eigenvalue weighted by molar-refractivity contribution is 0.306. The van der Waals surface area contributed by atoms with Crippen LogP contribution in [-0.4, -0.2) is 39.0 Å². The van der Waals surface area contributed by atoms with Crippen LogP contribution in [-0.2, 0) is 6.54 Å². The molecule has 6 rings (SSSR count). The zero-order valence-corrected chi connectivity index (χ0v) is 16.8. The van der Waals surface area contributed by atoms with Crippen LogP contribution in [0.3, 0.4) is 0 Å². The van der Waals surface area contributed by atoms with Crippen molar-refractivity contribution in [2.75, 3.05) is 13.1 Å². The molecule has 1 fully saturated rings. The number of hydrogen-bond acceptors (Lipinski definition) is 6. The predicted molar refractivity (Wildman–Crippen MR) is 118 cm³/mol. The number of phenolic OH excluding ortho intramolecular Hbond substituents is 3. The number of aromatic hydroxyl groups is 3. The molecule has 0 amide bonds. The molecular weight excluding hydrogens is 390 g/mol. The van der Waals surface area contributed by atoms with Crippen molar-refractivity contribution in [1.82, 2.24) is 4.90 Å². The molecule has 0 radical (unpaired) electrons. The van der Waals surface area contributed by atoms with Gasteiger partial charge in [0.1, 0.15) is 17.2 Å². The largest absolute Gasteiger partial charge is 0.507 e. The number of benzene rings is 4. The highest BCUT2D eigenvalue weighted by molar-refractivity contribution is 6.12. The van der Waals surface area contributed by atoms with Gasteiger partial charge >= 0.3 is 0 Å². The fourth-order valence-corrected chi connectivity index (χ4v) is 4.95. The third-order valence-electron chi connectivity index (χ3n) is 6.39. The van der Waals surface area contributed by atoms with Crippen LogP contribution in [0.25, 0.3) is 21.5 Å². The van der Waals surface area contributed by atoms with Gasteiger partial charge in [0.15, 0.2) is 5.66 Å². The van der Waals surface area contributed by atoms with E-state index in [4.69, 9.17) is 9.98 Å². The van der Waals surface area contributed by atoms with Gasteiger partial charge in [0.25, 0.3) is 0 Å². The Morgan fingerprint density at radius 2 is 1.58 bits per heavy atom. The molecule has 6 nitrogen and oxygen atoms in total. The van der Waals surface area contributed by atoms with Crippen LogP contribution in [0.5, 0.6) is 17.2 Å². The Kier molecular flexibility index (Phi) is 3.76. The topological polar surface area (TPSA) is 88.6 Å². The highest BCUT2D eigenvalue weighted by Gasteiger charge is 2.39. The smallest absolute Gasteiger partial charge is 0.165 e. The number of likely N-dealkylation sites (tertiary alicyclic amines) is 1. The first-order valence-electron chi connectivity index (χ1n) is 10.4. The van der Waals surface area contributed by atoms with E-state index < -0.39 is 5.66 Å². The van der Waals surface area contributed by atoms with Gasteiger partial charge in [0, 0.05) is 36.8 Å². The maximum absolute atomic E-state index is 11.1. The zero-order valence-electron chi connectivity index (χ0n) is 16.8. The van der Waals surface area contributed by atoms with Gasteiger partial charge in [0.05, 0.1) is 21.5 Å². The number of phenols is 3. The molecule has 1 saturated heterocycles. The highest BCUT2D eigenvalue weighted by atomic mass is 16.3. The van der Waals surface area contributed by atoms with E-state index in [0.717, 1.165) is 24.9 Å². The molecule has 1 spiro atoms. The summed E-state index contributed by atoms with van der Waals surface area (Å²) in [4.78, 5) is 12.3. The van der Waals surface area contributed by atoms with Gasteiger partial charge in [-0.1, -0.05) is 42.5 Å². The average molecular weight is 411 g/mol. The summed E-state index contributed by atoms with van der Waals surface area (Å²) < 4.78 is 0. The molecule has 1 unspecified atom stereocenters. The van der Waals surface area contributed by atoms with Crippen molar-refractivity contribution in [1.29, 1.82) is 0 Å². The zero-order chi connectivity index (χ0) is 21.2. The van der Waals surface area contributed by atoms with Gasteiger partial charge in [-0.15, -0.1) is 0 Å². The molecule has 4 aromatic carbocycles. The fourth-order valence-electron chi connectivity index (χ4n) is 4.95. The van der Waals surface area contributed by atoms with Crippen molar-refractivity contribution >= 4 is 21.5 Å². The predicted octanol–water partition coefficient (Wildman–Crippen LogP) is 2.96. The van der Waals surface area contributed by atoms with E-state index in [2.05, 4.69) is 17.0 Å². The number of hydrogen-bond donors (Lipinski definition) is 3. The van der Waals surface area contributed by atoms with Crippen molar-refractivity contribution in [3.05, 3.63) is 76.9 Å². The highest BCUT2D eigenvalue weighted by Crippen LogP contribution is 2.43. The maximum Gasteiger partial charge on any atom is 0.165 e. The normalized spacial score (nSPS) is 20.3. The van der Waals surface area contributed by atoms with Gasteiger partial charge in [-0.2, -0.15) is 0 Å². The summed E-state index contributed by atoms with van der Waals surface area (Å²) in [7, 11) is 0. The van der Waals surface area contributed by atoms with Gasteiger partial charge < -0.3 is 15.3 Å². The first-order chi connectivity index (χ1) is 15.0. The van der Waals surface area contributed by atoms with E-state index >= 15 is 0 Å². The number of rotatable bonds is 2. The third kappa shape index (κ3) is 2.68. The summed E-state index contributed by atoms with van der Waals surface area (Å²) in [5.74, 6) is -0.124. The van der Waals surface area contributed by atoms with Gasteiger partial charge in [0.2, 0.25) is 0 Å². The molecule has 0 bridgehead atoms. The summed E-state index contributed by atoms with van der Waals surface area (Å²) in [5.41, 5.74) is 0.690. The Morgan fingerprint density at radius 1 is 0.806 bits per heavy atom. The molecule has 2 aliphatic rings. The van der Waals surface area contributed by atoms with E-state index in [9.17, 15) is 15.3 Å². The Bertz CT molecular complexity index is 1480. The molecule has 1 atom stereocenters. The summed E-state index contributed by atoms with van der Waals surface area (Å²) >= 11 is 0. The van der Waals surface area contributed by atoms with Gasteiger partial charge in [-0.3, -0.25) is 14.9 Å². The van der Waals surface area contributed by atoms with Crippen LogP contribution < -0.4 is 10.7 Å². The average Bonchev–Trinajstić information content (AvgIpc) is 3.34. The lowest BCUT2D eigenvalue weighted by atomic mass is 9.99. The molecule has 0 aliphatic carbocycles. The van der Waals surface area contributed by atoms with Crippen LogP contribution in [0.4, 0.5) is 0 Å². The maximum atomic E-state index is 11.1. The Hall–Kier alpha value is -3.64. The van der Waals surface area contributed by atoms with Crippen LogP contribution in [0.1, 0.15) is 12.0 Å². The van der Waals surface area contributed by atoms with Crippen LogP contribution in [0.15, 0.2) is 70.6 Å². The van der Waals surface area contributed by atoms with Gasteiger partial charge in [-0.25, -0.2) is 0 Å². The molecule has 31 heavy (non-hydrogen) atoms. The summed E-state index contributed by atoms with van der Waals surface area (Å²) in [6, 6.07) is 18.8. The molecule has 3 N–H and O–H groups in total. The first kappa shape index (κ1) is 18.2. The van der Waals surface area contributed by atoms with Crippen LogP contribution in [0.2, 0.25) is 0 Å². The summed E-state index contributed by atoms with van der Waals surface area (Å²) in [5, 5.41) is 35.1. The Morgan fingerprint density at radius 3 is 2.42 bits per heavy atom. The molecule has 4 aromatic rings. The minimum atomic E-state index is -0.568. The van der Waals surface area contributed by atoms with Crippen molar-refractivity contribution in [2.45, 2.75) is 18.6 Å². The van der Waals surface area contributed by atoms with E-state index in [0.29, 0.717) is 28.1 Å². The van der Waals surface area contributed by atoms with Crippen molar-refractivity contribution in [3.8, 4) is 17.2 Å². The van der Waals surface area contributed by atoms with Gasteiger partial charge in [-0.05, 0) is 23.8 Å². The minimum absolute atomic E-state index is 0.00527. The molecule has 2 aliphatic heterocycles. The van der Waals surface area contributed by atoms with E-state index in [1.54, 1.807) is 18.2 Å². The Labute approximate surface area is 178 Å². The molecule has 154 valence electrons. The van der Waals surface area contributed by atoms with Crippen molar-refractivity contribution in [3.63, 3.8) is 0 Å². The second-order valence-corrected chi connectivity index (χ2v) is 8.41. The van der Waals surface area contributed by atoms with E-state index in [1.807, 2.05) is 24.3 Å². The summed E-state index contributed by atoms with van der Waals surface area (Å²) in [6.07, 6.45) is 0.803. The fraction of sp³-hybridized carbons (Fsp3) is 0.200. The number of fused-ring (bicyclic) bond motifs is 4. The van der Waals surface area contributed by atoms with Crippen molar-refractivity contribution in [2.24, 2.45) is 9.98 Å². The standard InChI is InChI=1S/C25H21N3O3/c29-19-8-4-7-16-20(19)23(30)17-9-10-18-22(21(17)24(16)31)27-25(26-18)11-12-28(14-25)13-15-5-2-1-3-6-15/h1-10,29-31H,11-14H2. The number of nitrogens with zero attached hydrogens (tertiary/aromatic N) is 3. The SMILES string of the molecule is Oc1cccc2c(O)c3c4c(ccc3c(O)c12)=NC1(CCN(Cc2ccccc2)C1)N=4. The lowest BCUT2D eigenvalue weighted by Crippen LogP contribution is -2.29. The molecule has 0 aromatic heterocycles. The first-order valence-corrected chi connectivity index (χ1v) is 10.4. The quantitative estimate of drug-likeness (QED) is 0.350.